The minimum Gasteiger partial charge on any atom is -0.462 e. The van der Waals surface area contributed by atoms with Crippen LogP contribution in [-0.2, 0) is 65.4 Å². The zero-order valence-corrected chi connectivity index (χ0v) is 59.9. The minimum absolute atomic E-state index is 0.104. The lowest BCUT2D eigenvalue weighted by atomic mass is 10.0. The zero-order chi connectivity index (χ0) is 66.1. The quantitative estimate of drug-likeness (QED) is 0.0222. The number of unbranched alkanes of at least 4 members (excludes halogenated alkanes) is 46. The Hall–Kier alpha value is -1.94. The standard InChI is InChI=1S/C71H138O17P2/c1-5-9-13-17-20-23-25-27-29-31-32-33-35-37-39-41-43-46-50-54-58-71(76)88-67(62-82-69(74)56-52-48-45-42-40-38-36-34-30-28-26-24-21-18-14-10-6-2)64-86-90(79,80)84-60-65(72)59-83-89(77,78)85-63-66(61-81-68(73)55-51-47-16-12-8-4)87-70(75)57-53-49-44-22-19-15-11-7-3/h65-67,72H,5-64H2,1-4H3,(H,77,78)(H,79,80)/t65-,66+,67+/m0/s1. The van der Waals surface area contributed by atoms with Crippen LogP contribution in [0.15, 0.2) is 0 Å². The van der Waals surface area contributed by atoms with Crippen molar-refractivity contribution in [3.63, 3.8) is 0 Å². The van der Waals surface area contributed by atoms with Crippen LogP contribution < -0.4 is 0 Å². The van der Waals surface area contributed by atoms with E-state index in [1.54, 1.807) is 0 Å². The molecule has 0 aliphatic rings. The van der Waals surface area contributed by atoms with Crippen molar-refractivity contribution in [1.29, 1.82) is 0 Å². The fraction of sp³-hybridized carbons (Fsp3) is 0.944. The molecular formula is C71H138O17P2. The number of phosphoric ester groups is 2. The van der Waals surface area contributed by atoms with Crippen molar-refractivity contribution in [2.24, 2.45) is 0 Å². The molecule has 534 valence electrons. The first-order chi connectivity index (χ1) is 43.7. The van der Waals surface area contributed by atoms with Gasteiger partial charge in [0.05, 0.1) is 26.4 Å². The number of carbonyl (C=O) groups excluding carboxylic acids is 4. The van der Waals surface area contributed by atoms with Gasteiger partial charge in [0.15, 0.2) is 12.2 Å². The monoisotopic (exact) mass is 1320 g/mol. The average Bonchev–Trinajstić information content (AvgIpc) is 3.15. The van der Waals surface area contributed by atoms with Crippen molar-refractivity contribution >= 4 is 39.5 Å². The lowest BCUT2D eigenvalue weighted by molar-refractivity contribution is -0.161. The van der Waals surface area contributed by atoms with Crippen LogP contribution >= 0.6 is 15.6 Å². The van der Waals surface area contributed by atoms with Crippen molar-refractivity contribution in [2.75, 3.05) is 39.6 Å². The Balaban J connectivity index is 5.10. The van der Waals surface area contributed by atoms with Gasteiger partial charge >= 0.3 is 39.5 Å². The largest absolute Gasteiger partial charge is 0.472 e. The van der Waals surface area contributed by atoms with Gasteiger partial charge in [0.25, 0.3) is 0 Å². The van der Waals surface area contributed by atoms with Crippen molar-refractivity contribution in [2.45, 2.75) is 393 Å². The van der Waals surface area contributed by atoms with Gasteiger partial charge in [0.1, 0.15) is 19.3 Å². The summed E-state index contributed by atoms with van der Waals surface area (Å²) in [4.78, 5) is 72.2. The highest BCUT2D eigenvalue weighted by Crippen LogP contribution is 2.45. The highest BCUT2D eigenvalue weighted by Gasteiger charge is 2.30. The number of aliphatic hydroxyl groups excluding tert-OH is 1. The van der Waals surface area contributed by atoms with Crippen LogP contribution in [0.2, 0.25) is 0 Å². The van der Waals surface area contributed by atoms with Crippen LogP contribution in [0.5, 0.6) is 0 Å². The number of ether oxygens (including phenoxy) is 4. The van der Waals surface area contributed by atoms with Crippen molar-refractivity contribution < 1.29 is 80.2 Å². The van der Waals surface area contributed by atoms with Crippen LogP contribution in [0.1, 0.15) is 374 Å². The molecule has 0 aliphatic carbocycles. The minimum atomic E-state index is -4.95. The molecule has 0 saturated carbocycles. The Kier molecular flexibility index (Phi) is 64.3. The number of aliphatic hydroxyl groups is 1. The van der Waals surface area contributed by atoms with Gasteiger partial charge in [0.2, 0.25) is 0 Å². The molecule has 0 saturated heterocycles. The van der Waals surface area contributed by atoms with Gasteiger partial charge in [-0.15, -0.1) is 0 Å². The summed E-state index contributed by atoms with van der Waals surface area (Å²) in [7, 11) is -9.88. The van der Waals surface area contributed by atoms with E-state index >= 15 is 0 Å². The Labute approximate surface area is 549 Å². The first-order valence-electron chi connectivity index (χ1n) is 37.3. The molecule has 0 radical (unpaired) electrons. The van der Waals surface area contributed by atoms with E-state index in [9.17, 15) is 43.2 Å². The second-order valence-electron chi connectivity index (χ2n) is 25.6. The van der Waals surface area contributed by atoms with Crippen molar-refractivity contribution in [3.8, 4) is 0 Å². The normalized spacial score (nSPS) is 14.0. The first kappa shape index (κ1) is 88.1. The second-order valence-corrected chi connectivity index (χ2v) is 28.5. The maximum atomic E-state index is 13.0. The van der Waals surface area contributed by atoms with Gasteiger partial charge in [-0.1, -0.05) is 323 Å². The summed E-state index contributed by atoms with van der Waals surface area (Å²) >= 11 is 0. The average molecular weight is 1330 g/mol. The van der Waals surface area contributed by atoms with E-state index < -0.39 is 97.5 Å². The number of phosphoric acid groups is 2. The molecule has 0 heterocycles. The molecule has 0 amide bonds. The van der Waals surface area contributed by atoms with Gasteiger partial charge < -0.3 is 33.8 Å². The summed E-state index contributed by atoms with van der Waals surface area (Å²) < 4.78 is 68.0. The Morgan fingerprint density at radius 2 is 0.444 bits per heavy atom. The van der Waals surface area contributed by atoms with Crippen LogP contribution in [0.3, 0.4) is 0 Å². The molecule has 5 atom stereocenters. The van der Waals surface area contributed by atoms with Gasteiger partial charge in [0, 0.05) is 25.7 Å². The van der Waals surface area contributed by atoms with Crippen molar-refractivity contribution in [3.05, 3.63) is 0 Å². The van der Waals surface area contributed by atoms with Gasteiger partial charge in [-0.25, -0.2) is 9.13 Å². The van der Waals surface area contributed by atoms with E-state index in [1.807, 2.05) is 0 Å². The third-order valence-corrected chi connectivity index (χ3v) is 18.5. The fourth-order valence-electron chi connectivity index (χ4n) is 10.9. The number of hydrogen-bond acceptors (Lipinski definition) is 15. The van der Waals surface area contributed by atoms with Crippen LogP contribution in [0.4, 0.5) is 0 Å². The molecule has 0 aromatic heterocycles. The van der Waals surface area contributed by atoms with Crippen LogP contribution in [0, 0.1) is 0 Å². The predicted molar refractivity (Wildman–Crippen MR) is 363 cm³/mol. The Bertz CT molecular complexity index is 1720. The third kappa shape index (κ3) is 64.8. The highest BCUT2D eigenvalue weighted by atomic mass is 31.2. The molecule has 0 aromatic rings. The molecule has 0 spiro atoms. The van der Waals surface area contributed by atoms with E-state index in [2.05, 4.69) is 27.7 Å². The lowest BCUT2D eigenvalue weighted by Gasteiger charge is -2.21. The van der Waals surface area contributed by atoms with Crippen LogP contribution in [0.25, 0.3) is 0 Å². The summed E-state index contributed by atoms with van der Waals surface area (Å²) in [6, 6.07) is 0. The Morgan fingerprint density at radius 1 is 0.267 bits per heavy atom. The van der Waals surface area contributed by atoms with Gasteiger partial charge in [-0.2, -0.15) is 0 Å². The van der Waals surface area contributed by atoms with Crippen LogP contribution in [-0.4, -0.2) is 96.7 Å². The number of hydrogen-bond donors (Lipinski definition) is 3. The SMILES string of the molecule is CCCCCCCCCCCCCCCCCCCCCCC(=O)O[C@H](COC(=O)CCCCCCCCCCCCCCCCCCC)COP(=O)(O)OC[C@@H](O)COP(=O)(O)OC[C@@H](COC(=O)CCCCCCC)OC(=O)CCCCCCCCCC. The number of rotatable bonds is 72. The van der Waals surface area contributed by atoms with E-state index in [0.29, 0.717) is 25.7 Å². The van der Waals surface area contributed by atoms with Gasteiger partial charge in [-0.05, 0) is 25.7 Å². The predicted octanol–water partition coefficient (Wildman–Crippen LogP) is 20.7. The number of esters is 4. The molecule has 0 aromatic carbocycles. The Morgan fingerprint density at radius 3 is 0.656 bits per heavy atom. The zero-order valence-electron chi connectivity index (χ0n) is 58.1. The summed E-state index contributed by atoms with van der Waals surface area (Å²) in [5.74, 6) is -2.13. The van der Waals surface area contributed by atoms with Gasteiger partial charge in [-0.3, -0.25) is 37.3 Å². The highest BCUT2D eigenvalue weighted by molar-refractivity contribution is 7.47. The summed E-state index contributed by atoms with van der Waals surface area (Å²) in [5.41, 5.74) is 0. The number of carbonyl (C=O) groups is 4. The van der Waals surface area contributed by atoms with E-state index in [0.717, 1.165) is 103 Å². The third-order valence-electron chi connectivity index (χ3n) is 16.6. The topological polar surface area (TPSA) is 237 Å². The first-order valence-corrected chi connectivity index (χ1v) is 40.3. The molecule has 3 N–H and O–H groups in total. The molecule has 19 heteroatoms. The molecular weight excluding hydrogens is 1190 g/mol. The smallest absolute Gasteiger partial charge is 0.462 e. The van der Waals surface area contributed by atoms with E-state index in [-0.39, 0.29) is 25.7 Å². The molecule has 0 aliphatic heterocycles. The summed E-state index contributed by atoms with van der Waals surface area (Å²) in [6.45, 7) is 4.83. The molecule has 2 unspecified atom stereocenters. The molecule has 0 bridgehead atoms. The lowest BCUT2D eigenvalue weighted by Crippen LogP contribution is -2.30. The van der Waals surface area contributed by atoms with E-state index in [1.165, 1.54) is 193 Å². The summed E-state index contributed by atoms with van der Waals surface area (Å²) in [6.07, 6.45) is 54.8. The molecule has 17 nitrogen and oxygen atoms in total. The molecule has 90 heavy (non-hydrogen) atoms. The second kappa shape index (κ2) is 65.7. The summed E-state index contributed by atoms with van der Waals surface area (Å²) in [5, 5.41) is 10.5. The maximum absolute atomic E-state index is 13.0. The van der Waals surface area contributed by atoms with E-state index in [4.69, 9.17) is 37.0 Å². The van der Waals surface area contributed by atoms with Crippen molar-refractivity contribution in [1.82, 2.24) is 0 Å². The maximum Gasteiger partial charge on any atom is 0.472 e. The fourth-order valence-corrected chi connectivity index (χ4v) is 12.4. The molecule has 0 rings (SSSR count). The molecule has 0 fully saturated rings.